The summed E-state index contributed by atoms with van der Waals surface area (Å²) in [5, 5.41) is 2.06. The first-order valence-electron chi connectivity index (χ1n) is 32.9. The van der Waals surface area contributed by atoms with Crippen LogP contribution in [0.3, 0.4) is 0 Å². The smallest absolute Gasteiger partial charge is 0.162 e. The highest BCUT2D eigenvalue weighted by Crippen LogP contribution is 2.36. The van der Waals surface area contributed by atoms with Crippen LogP contribution in [-0.4, -0.2) is 48.3 Å². The van der Waals surface area contributed by atoms with Gasteiger partial charge in [0, 0.05) is 22.5 Å². The van der Waals surface area contributed by atoms with Crippen LogP contribution in [0, 0.1) is 41.4 Å². The normalized spacial score (nSPS) is 15.9. The minimum atomic E-state index is -0.189. The van der Waals surface area contributed by atoms with Crippen LogP contribution in [-0.2, 0) is 12.8 Å². The lowest BCUT2D eigenvalue weighted by molar-refractivity contribution is 0.0591. The molecule has 0 saturated heterocycles. The first-order valence-corrected chi connectivity index (χ1v) is 34.0. The molecule has 0 fully saturated rings. The molecule has 11 heteroatoms. The second kappa shape index (κ2) is 38.7. The Kier molecular flexibility index (Phi) is 32.9. The first-order chi connectivity index (χ1) is 43.0. The van der Waals surface area contributed by atoms with Crippen molar-refractivity contribution >= 4 is 34.8 Å². The third kappa shape index (κ3) is 27.9. The lowest BCUT2D eigenvalue weighted by atomic mass is 9.94. The van der Waals surface area contributed by atoms with E-state index >= 15 is 0 Å². The summed E-state index contributed by atoms with van der Waals surface area (Å²) in [7, 11) is 0. The van der Waals surface area contributed by atoms with Crippen molar-refractivity contribution in [1.82, 2.24) is 0 Å². The Balaban J connectivity index is 0.000000227. The molecule has 0 spiro atoms. The third-order valence-electron chi connectivity index (χ3n) is 16.6. The van der Waals surface area contributed by atoms with Gasteiger partial charge in [0.05, 0.1) is 17.2 Å². The van der Waals surface area contributed by atoms with E-state index in [1.165, 1.54) is 17.5 Å². The third-order valence-corrected chi connectivity index (χ3v) is 17.4. The number of fused-ring (bicyclic) bond motifs is 3. The van der Waals surface area contributed by atoms with Gasteiger partial charge < -0.3 is 37.9 Å². The van der Waals surface area contributed by atoms with Crippen LogP contribution in [0.25, 0.3) is 0 Å². The molecule has 0 aromatic heterocycles. The van der Waals surface area contributed by atoms with Crippen molar-refractivity contribution in [3.05, 3.63) is 202 Å². The molecule has 5 unspecified atom stereocenters. The van der Waals surface area contributed by atoms with E-state index in [2.05, 4.69) is 175 Å². The van der Waals surface area contributed by atoms with Crippen LogP contribution in [0.4, 0.5) is 0 Å². The molecule has 0 aliphatic carbocycles. The molecule has 7 aromatic carbocycles. The van der Waals surface area contributed by atoms with Crippen molar-refractivity contribution in [2.75, 3.05) is 6.61 Å². The molecule has 8 nitrogen and oxygen atoms in total. The summed E-state index contributed by atoms with van der Waals surface area (Å²) in [6.07, 6.45) is 4.86. The van der Waals surface area contributed by atoms with Gasteiger partial charge in [0.2, 0.25) is 0 Å². The maximum Gasteiger partial charge on any atom is 0.162 e. The van der Waals surface area contributed by atoms with Crippen molar-refractivity contribution in [1.29, 1.82) is 0 Å². The number of hydrogen-bond acceptors (Lipinski definition) is 8. The second-order valence-electron chi connectivity index (χ2n) is 26.9. The Morgan fingerprint density at radius 1 is 0.396 bits per heavy atom. The molecule has 3 aliphatic rings. The topological polar surface area (TPSA) is 73.8 Å². The van der Waals surface area contributed by atoms with Crippen LogP contribution in [0.5, 0.6) is 46.0 Å². The molecular weight excluding hydrogens is 1200 g/mol. The molecule has 5 atom stereocenters. The van der Waals surface area contributed by atoms with E-state index in [0.717, 1.165) is 58.8 Å². The van der Waals surface area contributed by atoms with Gasteiger partial charge in [0.1, 0.15) is 70.6 Å². The molecule has 3 heterocycles. The van der Waals surface area contributed by atoms with Gasteiger partial charge in [-0.2, -0.15) is 0 Å². The predicted molar refractivity (Wildman–Crippen MR) is 384 cm³/mol. The fourth-order valence-electron chi connectivity index (χ4n) is 8.36. The molecule has 0 bridgehead atoms. The summed E-state index contributed by atoms with van der Waals surface area (Å²) in [6.45, 7) is 43.4. The number of benzene rings is 7. The van der Waals surface area contributed by atoms with Crippen LogP contribution < -0.4 is 37.9 Å². The Morgan fingerprint density at radius 2 is 0.846 bits per heavy atom. The van der Waals surface area contributed by atoms with Crippen molar-refractivity contribution in [2.45, 2.75) is 199 Å². The van der Waals surface area contributed by atoms with Crippen molar-refractivity contribution < 1.29 is 37.9 Å². The second-order valence-corrected chi connectivity index (χ2v) is 28.2. The number of rotatable bonds is 15. The Labute approximate surface area is 564 Å². The zero-order valence-electron chi connectivity index (χ0n) is 58.4. The molecule has 0 radical (unpaired) electrons. The zero-order chi connectivity index (χ0) is 67.4. The monoisotopic (exact) mass is 1300 g/mol. The number of halogens is 3. The molecule has 91 heavy (non-hydrogen) atoms. The van der Waals surface area contributed by atoms with Gasteiger partial charge in [-0.1, -0.05) is 223 Å². The van der Waals surface area contributed by atoms with Crippen LogP contribution in [0.1, 0.15) is 156 Å². The van der Waals surface area contributed by atoms with Crippen LogP contribution in [0.15, 0.2) is 176 Å². The number of para-hydroxylation sites is 5. The SMILES string of the molecule is CC(C)C(C)(C)Oc1ccccc1.CC(C)C(C)(C)Oc1ccccc1Cl.CC(C)C(C)Oc1cccc(Cl)c1.CC(C)C(C)Oc1ccccc1.CC(C)C1CCc2ccccc2O1.CC(C)C1COc2cc(Cl)ccc2O1.CC(C)C1Cc2ccccc2O1. The largest absolute Gasteiger partial charge is 0.490 e. The van der Waals surface area contributed by atoms with Gasteiger partial charge in [-0.05, 0) is 186 Å². The fraction of sp³-hybridized carbons (Fsp3) is 0.475. The number of aryl methyl sites for hydroxylation is 1. The quantitative estimate of drug-likeness (QED) is 0.101. The molecule has 3 aliphatic heterocycles. The van der Waals surface area contributed by atoms with Gasteiger partial charge in [-0.15, -0.1) is 0 Å². The highest BCUT2D eigenvalue weighted by atomic mass is 35.5. The maximum atomic E-state index is 6.01. The first kappa shape index (κ1) is 77.3. The van der Waals surface area contributed by atoms with E-state index in [0.29, 0.717) is 75.3 Å². The standard InChI is InChI=1S/C12H17ClO.C12H16O.C12H18O.C11H13ClO2.C11H15ClO.C11H14O.C11H16O/c1-9(2)12(3,4)14-11-8-6-5-7-10(11)13;1-9(2)11-8-7-10-5-3-4-6-12(10)13-11;1-10(2)12(3,4)13-11-8-6-5-7-9-11;1-7(2)11-6-13-10-5-8(12)3-4-9(10)14-11;1-8(2)9(3)13-11-6-4-5-10(12)7-11;1-8(2)11-7-9-5-3-4-6-10(9)12-11;1-9(2)10(3)12-11-7-5-4-6-8-11/h5-9H,1-4H3;3-6,9,11H,7-8H2,1-2H3;5-10H,1-4H3;3-5,7,11H,6H2,1-2H3;4-9H,1-3H3;3-6,8,11H,7H2,1-2H3;4-10H,1-3H3. The molecule has 0 saturated carbocycles. The van der Waals surface area contributed by atoms with E-state index in [4.69, 9.17) is 72.7 Å². The summed E-state index contributed by atoms with van der Waals surface area (Å²) < 4.78 is 46.1. The van der Waals surface area contributed by atoms with Gasteiger partial charge >= 0.3 is 0 Å². The van der Waals surface area contributed by atoms with Gasteiger partial charge in [-0.25, -0.2) is 0 Å². The van der Waals surface area contributed by atoms with Crippen molar-refractivity contribution in [3.63, 3.8) is 0 Å². The number of ether oxygens (including phenoxy) is 8. The lowest BCUT2D eigenvalue weighted by Crippen LogP contribution is -2.34. The molecular formula is C80H109Cl3O8. The highest BCUT2D eigenvalue weighted by molar-refractivity contribution is 6.32. The van der Waals surface area contributed by atoms with E-state index in [9.17, 15) is 0 Å². The maximum absolute atomic E-state index is 6.01. The lowest BCUT2D eigenvalue weighted by Gasteiger charge is -2.30. The van der Waals surface area contributed by atoms with Crippen LogP contribution in [0.2, 0.25) is 15.1 Å². The van der Waals surface area contributed by atoms with Gasteiger partial charge in [-0.3, -0.25) is 0 Å². The Morgan fingerprint density at radius 3 is 1.37 bits per heavy atom. The average molecular weight is 1310 g/mol. The Bertz CT molecular complexity index is 3100. The molecule has 7 aromatic rings. The van der Waals surface area contributed by atoms with E-state index in [-0.39, 0.29) is 29.5 Å². The minimum Gasteiger partial charge on any atom is -0.490 e. The molecule has 0 N–H and O–H groups in total. The summed E-state index contributed by atoms with van der Waals surface area (Å²) in [4.78, 5) is 0. The van der Waals surface area contributed by atoms with E-state index < -0.39 is 0 Å². The van der Waals surface area contributed by atoms with Crippen molar-refractivity contribution in [2.24, 2.45) is 41.4 Å². The number of hydrogen-bond donors (Lipinski definition) is 0. The van der Waals surface area contributed by atoms with E-state index in [1.807, 2.05) is 133 Å². The minimum absolute atomic E-state index is 0.0959. The molecule has 10 rings (SSSR count). The van der Waals surface area contributed by atoms with E-state index in [1.54, 1.807) is 6.07 Å². The Hall–Kier alpha value is -6.19. The summed E-state index contributed by atoms with van der Waals surface area (Å²) in [6, 6.07) is 57.1. The molecule has 0 amide bonds. The molecule has 498 valence electrons. The zero-order valence-corrected chi connectivity index (χ0v) is 60.7. The summed E-state index contributed by atoms with van der Waals surface area (Å²) in [5.41, 5.74) is 2.43. The summed E-state index contributed by atoms with van der Waals surface area (Å²) in [5.74, 6) is 10.9. The van der Waals surface area contributed by atoms with Crippen molar-refractivity contribution in [3.8, 4) is 46.0 Å². The fourth-order valence-corrected chi connectivity index (χ4v) is 8.88. The van der Waals surface area contributed by atoms with Gasteiger partial charge in [0.15, 0.2) is 11.5 Å². The highest BCUT2D eigenvalue weighted by Gasteiger charge is 2.28. The average Bonchev–Trinajstić information content (AvgIpc) is 1.80. The van der Waals surface area contributed by atoms with Gasteiger partial charge in [0.25, 0.3) is 0 Å². The predicted octanol–water partition coefficient (Wildman–Crippen LogP) is 23.3. The van der Waals surface area contributed by atoms with Crippen LogP contribution >= 0.6 is 34.8 Å². The summed E-state index contributed by atoms with van der Waals surface area (Å²) >= 11 is 17.7.